The van der Waals surface area contributed by atoms with Crippen LogP contribution in [-0.4, -0.2) is 30.1 Å². The van der Waals surface area contributed by atoms with E-state index in [1.54, 1.807) is 0 Å². The topological polar surface area (TPSA) is 29.3 Å². The summed E-state index contributed by atoms with van der Waals surface area (Å²) in [7, 11) is 0. The molecular formula is C10H22Cl2N2. The highest BCUT2D eigenvalue weighted by Crippen LogP contribution is 2.30. The minimum atomic E-state index is 0. The van der Waals surface area contributed by atoms with Crippen LogP contribution in [0.15, 0.2) is 0 Å². The van der Waals surface area contributed by atoms with Crippen molar-refractivity contribution in [3.63, 3.8) is 0 Å². The first-order valence-electron chi connectivity index (χ1n) is 5.30. The van der Waals surface area contributed by atoms with Crippen LogP contribution < -0.4 is 5.73 Å². The predicted octanol–water partition coefficient (Wildman–Crippen LogP) is 2.20. The molecule has 0 aromatic rings. The van der Waals surface area contributed by atoms with E-state index in [1.807, 2.05) is 0 Å². The smallest absolute Gasteiger partial charge is 0.0283 e. The molecule has 0 bridgehead atoms. The highest BCUT2D eigenvalue weighted by Gasteiger charge is 2.34. The van der Waals surface area contributed by atoms with Crippen molar-refractivity contribution in [1.82, 2.24) is 4.90 Å². The zero-order valence-corrected chi connectivity index (χ0v) is 10.3. The van der Waals surface area contributed by atoms with Gasteiger partial charge in [-0.25, -0.2) is 0 Å². The molecule has 4 heteroatoms. The summed E-state index contributed by atoms with van der Waals surface area (Å²) in [5.41, 5.74) is 6.40. The summed E-state index contributed by atoms with van der Waals surface area (Å²) in [4.78, 5) is 2.56. The van der Waals surface area contributed by atoms with Crippen LogP contribution in [0.1, 0.15) is 38.5 Å². The van der Waals surface area contributed by atoms with E-state index in [-0.39, 0.29) is 30.4 Å². The van der Waals surface area contributed by atoms with Gasteiger partial charge in [0.2, 0.25) is 0 Å². The number of nitrogens with two attached hydrogens (primary N) is 1. The lowest BCUT2D eigenvalue weighted by Gasteiger charge is -2.43. The fourth-order valence-electron chi connectivity index (χ4n) is 2.35. The van der Waals surface area contributed by atoms with Gasteiger partial charge in [0.25, 0.3) is 0 Å². The van der Waals surface area contributed by atoms with Crippen molar-refractivity contribution in [3.8, 4) is 0 Å². The Morgan fingerprint density at radius 1 is 0.929 bits per heavy atom. The largest absolute Gasteiger partial charge is 0.324 e. The third-order valence-electron chi connectivity index (χ3n) is 3.34. The van der Waals surface area contributed by atoms with Gasteiger partial charge in [-0.2, -0.15) is 0 Å². The molecule has 2 fully saturated rings. The zero-order valence-electron chi connectivity index (χ0n) is 8.71. The number of nitrogens with zero attached hydrogens (tertiary/aromatic N) is 1. The highest BCUT2D eigenvalue weighted by atomic mass is 35.5. The van der Waals surface area contributed by atoms with Gasteiger partial charge in [-0.3, -0.25) is 0 Å². The molecule has 1 heterocycles. The van der Waals surface area contributed by atoms with Gasteiger partial charge in [0.05, 0.1) is 0 Å². The van der Waals surface area contributed by atoms with Crippen molar-refractivity contribution in [2.24, 2.45) is 5.73 Å². The molecular weight excluding hydrogens is 219 g/mol. The molecule has 1 aliphatic carbocycles. The summed E-state index contributed by atoms with van der Waals surface area (Å²) in [6.45, 7) is 3.74. The molecule has 86 valence electrons. The normalized spacial score (nSPS) is 25.5. The fraction of sp³-hybridized carbons (Fsp3) is 1.00. The van der Waals surface area contributed by atoms with Crippen LogP contribution in [0.4, 0.5) is 0 Å². The maximum absolute atomic E-state index is 6.19. The van der Waals surface area contributed by atoms with Crippen molar-refractivity contribution < 1.29 is 0 Å². The van der Waals surface area contributed by atoms with E-state index in [2.05, 4.69) is 4.90 Å². The Balaban J connectivity index is 0.000000845. The van der Waals surface area contributed by atoms with Crippen LogP contribution in [0.25, 0.3) is 0 Å². The van der Waals surface area contributed by atoms with E-state index in [0.717, 1.165) is 6.54 Å². The van der Waals surface area contributed by atoms with Gasteiger partial charge in [-0.1, -0.05) is 6.42 Å². The maximum Gasteiger partial charge on any atom is 0.0283 e. The monoisotopic (exact) mass is 240 g/mol. The van der Waals surface area contributed by atoms with Crippen LogP contribution in [0.3, 0.4) is 0 Å². The molecule has 14 heavy (non-hydrogen) atoms. The second-order valence-electron chi connectivity index (χ2n) is 4.55. The van der Waals surface area contributed by atoms with Crippen LogP contribution in [0, 0.1) is 0 Å². The van der Waals surface area contributed by atoms with Crippen LogP contribution >= 0.6 is 24.8 Å². The van der Waals surface area contributed by atoms with E-state index in [4.69, 9.17) is 5.73 Å². The average molecular weight is 241 g/mol. The van der Waals surface area contributed by atoms with Gasteiger partial charge in [-0.15, -0.1) is 24.8 Å². The average Bonchev–Trinajstić information content (AvgIpc) is 2.04. The standard InChI is InChI=1S/C10H20N2.2ClH/c11-10(5-4-6-10)9-12-7-2-1-3-8-12;;/h1-9,11H2;2*1H. The van der Waals surface area contributed by atoms with Gasteiger partial charge in [0, 0.05) is 12.1 Å². The molecule has 2 rings (SSSR count). The number of hydrogen-bond acceptors (Lipinski definition) is 2. The lowest BCUT2D eigenvalue weighted by molar-refractivity contribution is 0.128. The minimum Gasteiger partial charge on any atom is -0.324 e. The van der Waals surface area contributed by atoms with Crippen molar-refractivity contribution in [3.05, 3.63) is 0 Å². The second kappa shape index (κ2) is 6.16. The highest BCUT2D eigenvalue weighted by molar-refractivity contribution is 5.85. The number of hydrogen-bond donors (Lipinski definition) is 1. The fourth-order valence-corrected chi connectivity index (χ4v) is 2.35. The number of likely N-dealkylation sites (tertiary alicyclic amines) is 1. The molecule has 0 amide bonds. The number of halogens is 2. The van der Waals surface area contributed by atoms with Gasteiger partial charge in [0.1, 0.15) is 0 Å². The molecule has 2 aliphatic rings. The summed E-state index contributed by atoms with van der Waals surface area (Å²) < 4.78 is 0. The van der Waals surface area contributed by atoms with Crippen molar-refractivity contribution in [2.45, 2.75) is 44.1 Å². The molecule has 1 aliphatic heterocycles. The zero-order chi connectivity index (χ0) is 8.44. The maximum atomic E-state index is 6.19. The van der Waals surface area contributed by atoms with Crippen LogP contribution in [-0.2, 0) is 0 Å². The predicted molar refractivity (Wildman–Crippen MR) is 65.6 cm³/mol. The molecule has 0 aromatic carbocycles. The quantitative estimate of drug-likeness (QED) is 0.803. The summed E-state index contributed by atoms with van der Waals surface area (Å²) in [6.07, 6.45) is 8.05. The minimum absolute atomic E-state index is 0. The molecule has 0 aromatic heterocycles. The first kappa shape index (κ1) is 14.5. The number of piperidine rings is 1. The van der Waals surface area contributed by atoms with Crippen molar-refractivity contribution in [1.29, 1.82) is 0 Å². The summed E-state index contributed by atoms with van der Waals surface area (Å²) in [5, 5.41) is 0. The van der Waals surface area contributed by atoms with Crippen LogP contribution in [0.2, 0.25) is 0 Å². The third-order valence-corrected chi connectivity index (χ3v) is 3.34. The van der Waals surface area contributed by atoms with E-state index in [9.17, 15) is 0 Å². The lowest BCUT2D eigenvalue weighted by Crippen LogP contribution is -2.55. The van der Waals surface area contributed by atoms with Crippen LogP contribution in [0.5, 0.6) is 0 Å². The molecule has 1 saturated heterocycles. The Bertz CT molecular complexity index is 154. The van der Waals surface area contributed by atoms with Gasteiger partial charge in [-0.05, 0) is 45.2 Å². The third kappa shape index (κ3) is 3.58. The van der Waals surface area contributed by atoms with Crippen molar-refractivity contribution in [2.75, 3.05) is 19.6 Å². The molecule has 2 N–H and O–H groups in total. The lowest BCUT2D eigenvalue weighted by atomic mass is 9.77. The van der Waals surface area contributed by atoms with E-state index in [0.29, 0.717) is 0 Å². The van der Waals surface area contributed by atoms with Crippen molar-refractivity contribution >= 4 is 24.8 Å². The molecule has 0 atom stereocenters. The van der Waals surface area contributed by atoms with Gasteiger partial charge < -0.3 is 10.6 Å². The second-order valence-corrected chi connectivity index (χ2v) is 4.55. The molecule has 2 nitrogen and oxygen atoms in total. The van der Waals surface area contributed by atoms with E-state index in [1.165, 1.54) is 51.6 Å². The summed E-state index contributed by atoms with van der Waals surface area (Å²) in [6, 6.07) is 0. The van der Waals surface area contributed by atoms with Gasteiger partial charge >= 0.3 is 0 Å². The first-order valence-corrected chi connectivity index (χ1v) is 5.30. The van der Waals surface area contributed by atoms with Gasteiger partial charge in [0.15, 0.2) is 0 Å². The Kier molecular flexibility index (Phi) is 6.38. The summed E-state index contributed by atoms with van der Waals surface area (Å²) >= 11 is 0. The Hall–Kier alpha value is 0.500. The van der Waals surface area contributed by atoms with E-state index < -0.39 is 0 Å². The first-order chi connectivity index (χ1) is 5.79. The Morgan fingerprint density at radius 2 is 1.50 bits per heavy atom. The molecule has 0 radical (unpaired) electrons. The Morgan fingerprint density at radius 3 is 1.93 bits per heavy atom. The number of rotatable bonds is 2. The molecule has 1 saturated carbocycles. The molecule has 0 unspecified atom stereocenters. The Labute approximate surface area is 99.4 Å². The molecule has 0 spiro atoms. The summed E-state index contributed by atoms with van der Waals surface area (Å²) in [5.74, 6) is 0. The SMILES string of the molecule is Cl.Cl.NC1(CN2CCCCC2)CCC1. The van der Waals surface area contributed by atoms with E-state index >= 15 is 0 Å².